The van der Waals surface area contributed by atoms with Crippen molar-refractivity contribution in [1.29, 1.82) is 0 Å². The molecule has 2 rings (SSSR count). The van der Waals surface area contributed by atoms with Crippen molar-refractivity contribution in [1.82, 2.24) is 5.32 Å². The molecule has 14 heavy (non-hydrogen) atoms. The molecule has 1 heterocycles. The fourth-order valence-corrected chi connectivity index (χ4v) is 2.67. The summed E-state index contributed by atoms with van der Waals surface area (Å²) in [5.74, 6) is -0.841. The van der Waals surface area contributed by atoms with Gasteiger partial charge in [-0.15, -0.1) is 0 Å². The second-order valence-corrected chi connectivity index (χ2v) is 4.55. The van der Waals surface area contributed by atoms with Crippen LogP contribution in [0.15, 0.2) is 0 Å². The number of hydrogen-bond donors (Lipinski definition) is 3. The van der Waals surface area contributed by atoms with Crippen molar-refractivity contribution in [3.05, 3.63) is 0 Å². The summed E-state index contributed by atoms with van der Waals surface area (Å²) in [6.07, 6.45) is 3.67. The fraction of sp³-hybridized carbons (Fsp3) is 0.900. The van der Waals surface area contributed by atoms with Gasteiger partial charge in [-0.3, -0.25) is 4.79 Å². The summed E-state index contributed by atoms with van der Waals surface area (Å²) >= 11 is 0. The van der Waals surface area contributed by atoms with Crippen LogP contribution in [0.2, 0.25) is 0 Å². The first-order chi connectivity index (χ1) is 6.61. The number of rotatable bonds is 2. The zero-order valence-corrected chi connectivity index (χ0v) is 8.25. The van der Waals surface area contributed by atoms with E-state index in [9.17, 15) is 15.0 Å². The second kappa shape index (κ2) is 3.21. The molecule has 0 spiro atoms. The van der Waals surface area contributed by atoms with E-state index in [2.05, 4.69) is 5.32 Å². The van der Waals surface area contributed by atoms with Crippen LogP contribution >= 0.6 is 0 Å². The molecule has 2 aliphatic rings. The Morgan fingerprint density at radius 3 is 2.29 bits per heavy atom. The molecule has 1 unspecified atom stereocenters. The van der Waals surface area contributed by atoms with Crippen LogP contribution < -0.4 is 5.32 Å². The van der Waals surface area contributed by atoms with Gasteiger partial charge in [0.1, 0.15) is 5.41 Å². The third kappa shape index (κ3) is 1.17. The predicted molar refractivity (Wildman–Crippen MR) is 51.0 cm³/mol. The lowest BCUT2D eigenvalue weighted by Crippen LogP contribution is -2.63. The Morgan fingerprint density at radius 1 is 1.21 bits per heavy atom. The Morgan fingerprint density at radius 2 is 1.93 bits per heavy atom. The van der Waals surface area contributed by atoms with Crippen molar-refractivity contribution in [2.45, 2.75) is 37.7 Å². The fourth-order valence-electron chi connectivity index (χ4n) is 2.67. The number of nitrogens with one attached hydrogen (secondary N) is 1. The highest BCUT2D eigenvalue weighted by molar-refractivity contribution is 5.77. The van der Waals surface area contributed by atoms with Gasteiger partial charge in [-0.2, -0.15) is 0 Å². The van der Waals surface area contributed by atoms with Crippen LogP contribution in [-0.2, 0) is 4.79 Å². The van der Waals surface area contributed by atoms with Crippen LogP contribution in [0.4, 0.5) is 0 Å². The maximum absolute atomic E-state index is 11.3. The van der Waals surface area contributed by atoms with Gasteiger partial charge in [-0.1, -0.05) is 0 Å². The molecular weight excluding hydrogens is 182 g/mol. The number of aliphatic carboxylic acids is 1. The van der Waals surface area contributed by atoms with E-state index in [4.69, 9.17) is 0 Å². The van der Waals surface area contributed by atoms with Crippen molar-refractivity contribution in [2.24, 2.45) is 5.41 Å². The van der Waals surface area contributed by atoms with Crippen LogP contribution in [-0.4, -0.2) is 34.9 Å². The molecule has 1 saturated carbocycles. The molecule has 1 atom stereocenters. The highest BCUT2D eigenvalue weighted by Gasteiger charge is 2.58. The standard InChI is InChI=1S/C10H17NO3/c12-8(13)9(3-2-6-11-7-9)10(14)4-1-5-10/h11,14H,1-7H2,(H,12,13). The molecule has 0 amide bonds. The zero-order chi connectivity index (χ0) is 10.2. The van der Waals surface area contributed by atoms with Crippen molar-refractivity contribution in [3.8, 4) is 0 Å². The van der Waals surface area contributed by atoms with Gasteiger partial charge >= 0.3 is 5.97 Å². The summed E-state index contributed by atoms with van der Waals surface area (Å²) in [6.45, 7) is 1.28. The van der Waals surface area contributed by atoms with Crippen LogP contribution in [0.1, 0.15) is 32.1 Å². The van der Waals surface area contributed by atoms with E-state index in [1.807, 2.05) is 0 Å². The maximum atomic E-state index is 11.3. The molecule has 0 aromatic carbocycles. The zero-order valence-electron chi connectivity index (χ0n) is 8.25. The van der Waals surface area contributed by atoms with Gasteiger partial charge < -0.3 is 15.5 Å². The van der Waals surface area contributed by atoms with E-state index < -0.39 is 17.0 Å². The first kappa shape index (κ1) is 9.93. The van der Waals surface area contributed by atoms with Crippen molar-refractivity contribution < 1.29 is 15.0 Å². The summed E-state index contributed by atoms with van der Waals surface area (Å²) in [7, 11) is 0. The summed E-state index contributed by atoms with van der Waals surface area (Å²) in [5.41, 5.74) is -1.88. The van der Waals surface area contributed by atoms with E-state index in [0.717, 1.165) is 19.4 Å². The lowest BCUT2D eigenvalue weighted by atomic mass is 9.58. The van der Waals surface area contributed by atoms with Gasteiger partial charge in [0, 0.05) is 6.54 Å². The largest absolute Gasteiger partial charge is 0.481 e. The van der Waals surface area contributed by atoms with Crippen LogP contribution in [0.3, 0.4) is 0 Å². The van der Waals surface area contributed by atoms with E-state index in [1.54, 1.807) is 0 Å². The van der Waals surface area contributed by atoms with Crippen LogP contribution in [0.5, 0.6) is 0 Å². The molecule has 0 radical (unpaired) electrons. The first-order valence-corrected chi connectivity index (χ1v) is 5.27. The van der Waals surface area contributed by atoms with E-state index in [-0.39, 0.29) is 0 Å². The van der Waals surface area contributed by atoms with E-state index in [0.29, 0.717) is 25.8 Å². The molecule has 0 aromatic heterocycles. The number of hydrogen-bond acceptors (Lipinski definition) is 3. The van der Waals surface area contributed by atoms with Gasteiger partial charge in [0.15, 0.2) is 0 Å². The Kier molecular flexibility index (Phi) is 2.27. The number of carboxylic acid groups (broad SMARTS) is 1. The highest BCUT2D eigenvalue weighted by Crippen LogP contribution is 2.49. The van der Waals surface area contributed by atoms with Crippen LogP contribution in [0.25, 0.3) is 0 Å². The Labute approximate surface area is 83.3 Å². The second-order valence-electron chi connectivity index (χ2n) is 4.55. The van der Waals surface area contributed by atoms with Crippen molar-refractivity contribution >= 4 is 5.97 Å². The Balaban J connectivity index is 2.24. The molecule has 3 N–H and O–H groups in total. The average Bonchev–Trinajstić information content (AvgIpc) is 2.15. The lowest BCUT2D eigenvalue weighted by molar-refractivity contribution is -0.188. The van der Waals surface area contributed by atoms with Crippen molar-refractivity contribution in [2.75, 3.05) is 13.1 Å². The predicted octanol–water partition coefficient (Wildman–Crippen LogP) is 0.356. The minimum Gasteiger partial charge on any atom is -0.481 e. The third-order valence-corrected chi connectivity index (χ3v) is 3.86. The van der Waals surface area contributed by atoms with Gasteiger partial charge in [-0.05, 0) is 38.6 Å². The van der Waals surface area contributed by atoms with E-state index >= 15 is 0 Å². The average molecular weight is 199 g/mol. The molecule has 1 aliphatic heterocycles. The lowest BCUT2D eigenvalue weighted by Gasteiger charge is -2.51. The number of piperidine rings is 1. The maximum Gasteiger partial charge on any atom is 0.313 e. The molecule has 4 heteroatoms. The first-order valence-electron chi connectivity index (χ1n) is 5.27. The highest BCUT2D eigenvalue weighted by atomic mass is 16.4. The van der Waals surface area contributed by atoms with Crippen molar-refractivity contribution in [3.63, 3.8) is 0 Å². The molecular formula is C10H17NO3. The minimum absolute atomic E-state index is 0.416. The molecule has 80 valence electrons. The Bertz CT molecular complexity index is 242. The monoisotopic (exact) mass is 199 g/mol. The summed E-state index contributed by atoms with van der Waals surface area (Å²) in [4.78, 5) is 11.3. The van der Waals surface area contributed by atoms with E-state index in [1.165, 1.54) is 0 Å². The molecule has 0 aromatic rings. The smallest absolute Gasteiger partial charge is 0.313 e. The number of carboxylic acids is 1. The van der Waals surface area contributed by atoms with Gasteiger partial charge in [-0.25, -0.2) is 0 Å². The molecule has 0 bridgehead atoms. The topological polar surface area (TPSA) is 69.6 Å². The van der Waals surface area contributed by atoms with Gasteiger partial charge in [0.25, 0.3) is 0 Å². The third-order valence-electron chi connectivity index (χ3n) is 3.86. The van der Waals surface area contributed by atoms with Gasteiger partial charge in [0.05, 0.1) is 5.60 Å². The number of aliphatic hydroxyl groups is 1. The van der Waals surface area contributed by atoms with Gasteiger partial charge in [0.2, 0.25) is 0 Å². The normalized spacial score (nSPS) is 36.1. The summed E-state index contributed by atoms with van der Waals surface area (Å²) in [5, 5.41) is 22.6. The molecule has 4 nitrogen and oxygen atoms in total. The summed E-state index contributed by atoms with van der Waals surface area (Å²) < 4.78 is 0. The SMILES string of the molecule is O=C(O)C1(C2(O)CCC2)CCCNC1. The molecule has 1 saturated heterocycles. The minimum atomic E-state index is -0.952. The quantitative estimate of drug-likeness (QED) is 0.600. The molecule has 2 fully saturated rings. The Hall–Kier alpha value is -0.610. The van der Waals surface area contributed by atoms with Crippen LogP contribution in [0, 0.1) is 5.41 Å². The molecule has 1 aliphatic carbocycles. The number of carbonyl (C=O) groups is 1. The summed E-state index contributed by atoms with van der Waals surface area (Å²) in [6, 6.07) is 0.